The van der Waals surface area contributed by atoms with Crippen LogP contribution in [0.4, 0.5) is 4.39 Å². The second-order valence-corrected chi connectivity index (χ2v) is 3.94. The van der Waals surface area contributed by atoms with Gasteiger partial charge in [0.2, 0.25) is 0 Å². The van der Waals surface area contributed by atoms with E-state index < -0.39 is 12.4 Å². The summed E-state index contributed by atoms with van der Waals surface area (Å²) >= 11 is 0. The largest absolute Gasteiger partial charge is 0.462 e. The van der Waals surface area contributed by atoms with E-state index in [0.29, 0.717) is 19.4 Å². The van der Waals surface area contributed by atoms with Gasteiger partial charge in [-0.15, -0.1) is 0 Å². The SMILES string of the molecule is O=C1CCN2C(=N1)OCC1CC(F)C2O1. The van der Waals surface area contributed by atoms with Crippen LogP contribution in [0.3, 0.4) is 0 Å². The topological polar surface area (TPSA) is 51.1 Å². The highest BCUT2D eigenvalue weighted by atomic mass is 19.1. The van der Waals surface area contributed by atoms with Crippen LogP contribution in [0.25, 0.3) is 0 Å². The highest BCUT2D eigenvalue weighted by molar-refractivity contribution is 5.93. The molecule has 0 aromatic heterocycles. The number of carbonyl (C=O) groups excluding carboxylic acids is 1. The molecule has 2 fully saturated rings. The summed E-state index contributed by atoms with van der Waals surface area (Å²) in [7, 11) is 0. The Morgan fingerprint density at radius 3 is 3.27 bits per heavy atom. The molecule has 3 aliphatic rings. The number of nitrogens with zero attached hydrogens (tertiary/aromatic N) is 2. The van der Waals surface area contributed by atoms with Crippen molar-refractivity contribution in [2.45, 2.75) is 31.3 Å². The van der Waals surface area contributed by atoms with Crippen LogP contribution in [-0.4, -0.2) is 48.5 Å². The van der Waals surface area contributed by atoms with Crippen LogP contribution in [0, 0.1) is 0 Å². The minimum Gasteiger partial charge on any atom is -0.462 e. The molecule has 0 aliphatic carbocycles. The Balaban J connectivity index is 1.92. The van der Waals surface area contributed by atoms with Gasteiger partial charge in [-0.1, -0.05) is 0 Å². The van der Waals surface area contributed by atoms with E-state index in [1.54, 1.807) is 4.90 Å². The molecule has 0 aromatic rings. The predicted molar refractivity (Wildman–Crippen MR) is 47.9 cm³/mol. The molecule has 2 bridgehead atoms. The number of amidine groups is 1. The Bertz CT molecular complexity index is 333. The third kappa shape index (κ3) is 1.40. The van der Waals surface area contributed by atoms with Gasteiger partial charge in [-0.05, 0) is 0 Å². The lowest BCUT2D eigenvalue weighted by Gasteiger charge is -2.31. The maximum Gasteiger partial charge on any atom is 0.297 e. The van der Waals surface area contributed by atoms with E-state index in [2.05, 4.69) is 4.99 Å². The van der Waals surface area contributed by atoms with Gasteiger partial charge in [-0.2, -0.15) is 4.99 Å². The molecule has 0 saturated carbocycles. The van der Waals surface area contributed by atoms with Crippen molar-refractivity contribution in [2.75, 3.05) is 13.2 Å². The molecule has 3 aliphatic heterocycles. The number of ether oxygens (including phenoxy) is 2. The van der Waals surface area contributed by atoms with Crippen molar-refractivity contribution in [3.8, 4) is 0 Å². The van der Waals surface area contributed by atoms with Gasteiger partial charge in [-0.3, -0.25) is 9.69 Å². The third-order valence-electron chi connectivity index (χ3n) is 2.87. The standard InChI is InChI=1S/C9H11FN2O3/c10-6-3-5-4-14-9-11-7(13)1-2-12(9)8(6)15-5/h5-6,8H,1-4H2. The number of amides is 1. The van der Waals surface area contributed by atoms with Gasteiger partial charge in [-0.25, -0.2) is 4.39 Å². The Hall–Kier alpha value is -1.17. The van der Waals surface area contributed by atoms with Crippen molar-refractivity contribution < 1.29 is 18.7 Å². The quantitative estimate of drug-likeness (QED) is 0.572. The smallest absolute Gasteiger partial charge is 0.297 e. The van der Waals surface area contributed by atoms with Crippen molar-refractivity contribution in [3.63, 3.8) is 0 Å². The lowest BCUT2D eigenvalue weighted by molar-refractivity contribution is -0.119. The second-order valence-electron chi connectivity index (χ2n) is 3.94. The minimum atomic E-state index is -1.02. The number of rotatable bonds is 0. The lowest BCUT2D eigenvalue weighted by atomic mass is 10.2. The Morgan fingerprint density at radius 1 is 1.53 bits per heavy atom. The summed E-state index contributed by atoms with van der Waals surface area (Å²) in [6.07, 6.45) is -1.19. The van der Waals surface area contributed by atoms with E-state index in [0.717, 1.165) is 0 Å². The Kier molecular flexibility index (Phi) is 1.92. The molecular formula is C9H11FN2O3. The Morgan fingerprint density at radius 2 is 2.40 bits per heavy atom. The average molecular weight is 214 g/mol. The summed E-state index contributed by atoms with van der Waals surface area (Å²) in [6.45, 7) is 0.703. The van der Waals surface area contributed by atoms with Gasteiger partial charge in [0.1, 0.15) is 12.8 Å². The number of halogens is 1. The highest BCUT2D eigenvalue weighted by Gasteiger charge is 2.45. The molecule has 3 heterocycles. The van der Waals surface area contributed by atoms with E-state index >= 15 is 0 Å². The zero-order chi connectivity index (χ0) is 10.4. The van der Waals surface area contributed by atoms with E-state index in [1.807, 2.05) is 0 Å². The van der Waals surface area contributed by atoms with Crippen molar-refractivity contribution in [2.24, 2.45) is 4.99 Å². The van der Waals surface area contributed by atoms with Gasteiger partial charge in [0, 0.05) is 19.4 Å². The first-order chi connectivity index (χ1) is 7.24. The molecule has 1 amide bonds. The molecule has 2 saturated heterocycles. The van der Waals surface area contributed by atoms with Crippen LogP contribution >= 0.6 is 0 Å². The number of fused-ring (bicyclic) bond motifs is 4. The molecule has 5 nitrogen and oxygen atoms in total. The van der Waals surface area contributed by atoms with Gasteiger partial charge >= 0.3 is 0 Å². The van der Waals surface area contributed by atoms with Crippen LogP contribution < -0.4 is 0 Å². The van der Waals surface area contributed by atoms with Gasteiger partial charge < -0.3 is 9.47 Å². The van der Waals surface area contributed by atoms with E-state index in [-0.39, 0.29) is 24.6 Å². The van der Waals surface area contributed by atoms with Crippen molar-refractivity contribution in [1.82, 2.24) is 4.90 Å². The molecule has 3 atom stereocenters. The van der Waals surface area contributed by atoms with Crippen LogP contribution in [0.15, 0.2) is 4.99 Å². The van der Waals surface area contributed by atoms with E-state index in [9.17, 15) is 9.18 Å². The number of alkyl halides is 1. The molecular weight excluding hydrogens is 203 g/mol. The maximum absolute atomic E-state index is 13.6. The molecule has 82 valence electrons. The molecule has 0 radical (unpaired) electrons. The summed E-state index contributed by atoms with van der Waals surface area (Å²) in [5.74, 6) is -0.213. The Labute approximate surface area is 85.9 Å². The third-order valence-corrected chi connectivity index (χ3v) is 2.87. The summed E-state index contributed by atoms with van der Waals surface area (Å²) in [5.41, 5.74) is 0. The van der Waals surface area contributed by atoms with E-state index in [1.165, 1.54) is 0 Å². The first-order valence-electron chi connectivity index (χ1n) is 5.04. The summed E-state index contributed by atoms with van der Waals surface area (Å²) < 4.78 is 24.4. The fraction of sp³-hybridized carbons (Fsp3) is 0.778. The first-order valence-corrected chi connectivity index (χ1v) is 5.04. The summed E-state index contributed by atoms with van der Waals surface area (Å²) in [4.78, 5) is 16.5. The fourth-order valence-corrected chi connectivity index (χ4v) is 2.14. The number of hydrogen-bond donors (Lipinski definition) is 0. The van der Waals surface area contributed by atoms with Crippen molar-refractivity contribution in [1.29, 1.82) is 0 Å². The zero-order valence-electron chi connectivity index (χ0n) is 8.06. The van der Waals surface area contributed by atoms with Gasteiger partial charge in [0.15, 0.2) is 6.23 Å². The molecule has 3 unspecified atom stereocenters. The van der Waals surface area contributed by atoms with Crippen LogP contribution in [-0.2, 0) is 14.3 Å². The number of aliphatic imine (C=N–C) groups is 1. The zero-order valence-corrected chi connectivity index (χ0v) is 8.06. The molecule has 3 rings (SSSR count). The van der Waals surface area contributed by atoms with Crippen LogP contribution in [0.1, 0.15) is 12.8 Å². The van der Waals surface area contributed by atoms with Crippen LogP contribution in [0.2, 0.25) is 0 Å². The molecule has 15 heavy (non-hydrogen) atoms. The van der Waals surface area contributed by atoms with Crippen molar-refractivity contribution in [3.05, 3.63) is 0 Å². The van der Waals surface area contributed by atoms with Crippen molar-refractivity contribution >= 4 is 11.9 Å². The number of carbonyl (C=O) groups is 1. The monoisotopic (exact) mass is 214 g/mol. The fourth-order valence-electron chi connectivity index (χ4n) is 2.14. The molecule has 0 spiro atoms. The van der Waals surface area contributed by atoms with Crippen LogP contribution in [0.5, 0.6) is 0 Å². The number of hydrogen-bond acceptors (Lipinski definition) is 4. The van der Waals surface area contributed by atoms with Gasteiger partial charge in [0.05, 0.1) is 6.10 Å². The molecule has 0 aromatic carbocycles. The first kappa shape index (κ1) is 9.08. The van der Waals surface area contributed by atoms with E-state index in [4.69, 9.17) is 9.47 Å². The maximum atomic E-state index is 13.6. The lowest BCUT2D eigenvalue weighted by Crippen LogP contribution is -2.47. The minimum absolute atomic E-state index is 0.213. The summed E-state index contributed by atoms with van der Waals surface area (Å²) in [6, 6.07) is 0.223. The highest BCUT2D eigenvalue weighted by Crippen LogP contribution is 2.30. The molecule has 0 N–H and O–H groups in total. The predicted octanol–water partition coefficient (Wildman–Crippen LogP) is 0.0580. The second kappa shape index (κ2) is 3.16. The van der Waals surface area contributed by atoms with Gasteiger partial charge in [0.25, 0.3) is 11.9 Å². The average Bonchev–Trinajstić information content (AvgIpc) is 2.46. The normalized spacial score (nSPS) is 39.3. The molecule has 6 heteroatoms. The summed E-state index contributed by atoms with van der Waals surface area (Å²) in [5, 5.41) is 0.